The van der Waals surface area contributed by atoms with E-state index in [4.69, 9.17) is 0 Å². The number of aryl methyl sites for hydroxylation is 1. The molecular weight excluding hydrogens is 334 g/mol. The minimum Gasteiger partial charge on any atom is -0.389 e. The first-order valence-electron chi connectivity index (χ1n) is 7.80. The third-order valence-electron chi connectivity index (χ3n) is 4.83. The second kappa shape index (κ2) is 6.07. The molecule has 112 valence electrons. The van der Waals surface area contributed by atoms with Gasteiger partial charge in [0.05, 0.1) is 9.39 Å². The van der Waals surface area contributed by atoms with Crippen LogP contribution in [0.3, 0.4) is 0 Å². The first kappa shape index (κ1) is 15.0. The van der Waals surface area contributed by atoms with Crippen LogP contribution in [0.5, 0.6) is 0 Å². The normalized spacial score (nSPS) is 34.0. The largest absolute Gasteiger partial charge is 0.389 e. The molecular formula is C16H24BrNOS. The number of hydrogen-bond donors (Lipinski definition) is 2. The molecule has 2 aliphatic rings. The van der Waals surface area contributed by atoms with Gasteiger partial charge in [-0.05, 0) is 65.6 Å². The molecule has 0 bridgehead atoms. The third-order valence-corrected chi connectivity index (χ3v) is 6.54. The molecule has 0 saturated heterocycles. The highest BCUT2D eigenvalue weighted by Gasteiger charge is 2.33. The smallest absolute Gasteiger partial charge is 0.0774 e. The van der Waals surface area contributed by atoms with Gasteiger partial charge in [-0.1, -0.05) is 19.8 Å². The van der Waals surface area contributed by atoms with Gasteiger partial charge in [0.25, 0.3) is 0 Å². The van der Waals surface area contributed by atoms with Crippen molar-refractivity contribution in [1.29, 1.82) is 0 Å². The number of nitrogens with one attached hydrogen (secondary N) is 1. The van der Waals surface area contributed by atoms with E-state index < -0.39 is 5.60 Å². The lowest BCUT2D eigenvalue weighted by molar-refractivity contribution is -0.0141. The molecule has 3 unspecified atom stereocenters. The molecule has 4 heteroatoms. The average molecular weight is 358 g/mol. The molecule has 1 aromatic rings. The lowest BCUT2D eigenvalue weighted by atomic mass is 9.78. The summed E-state index contributed by atoms with van der Waals surface area (Å²) in [6, 6.07) is 2.70. The fraction of sp³-hybridized carbons (Fsp3) is 0.750. The van der Waals surface area contributed by atoms with Crippen molar-refractivity contribution in [1.82, 2.24) is 5.32 Å². The monoisotopic (exact) mass is 357 g/mol. The predicted molar refractivity (Wildman–Crippen MR) is 88.3 cm³/mol. The molecule has 0 spiro atoms. The number of fused-ring (bicyclic) bond motifs is 1. The van der Waals surface area contributed by atoms with Crippen LogP contribution < -0.4 is 5.32 Å². The van der Waals surface area contributed by atoms with E-state index in [9.17, 15) is 5.11 Å². The molecule has 3 atom stereocenters. The first-order chi connectivity index (χ1) is 9.56. The quantitative estimate of drug-likeness (QED) is 0.838. The van der Waals surface area contributed by atoms with Crippen molar-refractivity contribution in [3.63, 3.8) is 0 Å². The predicted octanol–water partition coefficient (Wildman–Crippen LogP) is 4.42. The molecule has 0 amide bonds. The van der Waals surface area contributed by atoms with Crippen molar-refractivity contribution in [2.24, 2.45) is 5.92 Å². The maximum atomic E-state index is 10.8. The molecule has 2 N–H and O–H groups in total. The minimum atomic E-state index is -0.484. The van der Waals surface area contributed by atoms with Crippen LogP contribution in [-0.2, 0) is 6.42 Å². The van der Waals surface area contributed by atoms with Crippen LogP contribution in [0.4, 0.5) is 0 Å². The highest BCUT2D eigenvalue weighted by molar-refractivity contribution is 9.11. The first-order valence-corrected chi connectivity index (χ1v) is 9.40. The van der Waals surface area contributed by atoms with Crippen LogP contribution in [-0.4, -0.2) is 17.3 Å². The van der Waals surface area contributed by atoms with Gasteiger partial charge >= 0.3 is 0 Å². The summed E-state index contributed by atoms with van der Waals surface area (Å²) >= 11 is 5.48. The van der Waals surface area contributed by atoms with E-state index in [1.165, 1.54) is 46.3 Å². The number of rotatable bonds is 3. The van der Waals surface area contributed by atoms with Gasteiger partial charge in [0, 0.05) is 17.5 Å². The third kappa shape index (κ3) is 3.29. The van der Waals surface area contributed by atoms with Gasteiger partial charge in [0.1, 0.15) is 0 Å². The van der Waals surface area contributed by atoms with Gasteiger partial charge in [0.2, 0.25) is 0 Å². The van der Waals surface area contributed by atoms with E-state index in [1.807, 2.05) is 11.3 Å². The molecule has 1 aromatic heterocycles. The van der Waals surface area contributed by atoms with Gasteiger partial charge in [-0.2, -0.15) is 0 Å². The van der Waals surface area contributed by atoms with E-state index in [0.29, 0.717) is 12.0 Å². The van der Waals surface area contributed by atoms with Crippen LogP contribution in [0.1, 0.15) is 61.9 Å². The average Bonchev–Trinajstić information content (AvgIpc) is 2.77. The second-order valence-electron chi connectivity index (χ2n) is 6.68. The van der Waals surface area contributed by atoms with Crippen LogP contribution in [0, 0.1) is 5.92 Å². The van der Waals surface area contributed by atoms with Crippen molar-refractivity contribution >= 4 is 27.3 Å². The lowest BCUT2D eigenvalue weighted by Gasteiger charge is -2.37. The molecule has 0 radical (unpaired) electrons. The summed E-state index contributed by atoms with van der Waals surface area (Å²) in [6.45, 7) is 3.01. The highest BCUT2D eigenvalue weighted by atomic mass is 79.9. The molecule has 3 rings (SSSR count). The van der Waals surface area contributed by atoms with E-state index >= 15 is 0 Å². The SMILES string of the molecule is CC1CCCC(O)(CNC2CCCc3sc(Br)cc32)C1. The summed E-state index contributed by atoms with van der Waals surface area (Å²) < 4.78 is 1.24. The molecule has 0 aromatic carbocycles. The molecule has 1 saturated carbocycles. The number of aliphatic hydroxyl groups is 1. The Morgan fingerprint density at radius 3 is 3.10 bits per heavy atom. The Hall–Kier alpha value is 0.100. The summed E-state index contributed by atoms with van der Waals surface area (Å²) in [4.78, 5) is 1.52. The second-order valence-corrected chi connectivity index (χ2v) is 9.20. The Balaban J connectivity index is 1.64. The number of thiophene rings is 1. The van der Waals surface area contributed by atoms with Crippen LogP contribution in [0.25, 0.3) is 0 Å². The van der Waals surface area contributed by atoms with Gasteiger partial charge in [0.15, 0.2) is 0 Å². The Labute approximate surface area is 134 Å². The summed E-state index contributed by atoms with van der Waals surface area (Å²) in [6.07, 6.45) is 8.01. The minimum absolute atomic E-state index is 0.433. The van der Waals surface area contributed by atoms with E-state index in [1.54, 1.807) is 0 Å². The van der Waals surface area contributed by atoms with Crippen LogP contribution in [0.15, 0.2) is 9.85 Å². The number of hydrogen-bond acceptors (Lipinski definition) is 3. The Morgan fingerprint density at radius 2 is 2.30 bits per heavy atom. The topological polar surface area (TPSA) is 32.3 Å². The lowest BCUT2D eigenvalue weighted by Crippen LogP contribution is -2.45. The molecule has 1 heterocycles. The van der Waals surface area contributed by atoms with Gasteiger partial charge in [-0.25, -0.2) is 0 Å². The standard InChI is InChI=1S/C16H24BrNOS/c1-11-4-3-7-16(19,9-11)10-18-13-5-2-6-14-12(13)8-15(17)20-14/h8,11,13,18-19H,2-7,9-10H2,1H3. The summed E-state index contributed by atoms with van der Waals surface area (Å²) in [5, 5.41) is 14.4. The van der Waals surface area contributed by atoms with Gasteiger partial charge in [-0.3, -0.25) is 0 Å². The highest BCUT2D eigenvalue weighted by Crippen LogP contribution is 2.39. The fourth-order valence-electron chi connectivity index (χ4n) is 3.84. The molecule has 2 nitrogen and oxygen atoms in total. The van der Waals surface area contributed by atoms with Crippen LogP contribution in [0.2, 0.25) is 0 Å². The summed E-state index contributed by atoms with van der Waals surface area (Å²) in [5.74, 6) is 0.660. The van der Waals surface area contributed by atoms with E-state index in [-0.39, 0.29) is 0 Å². The van der Waals surface area contributed by atoms with Gasteiger partial charge in [-0.15, -0.1) is 11.3 Å². The fourth-order valence-corrected chi connectivity index (χ4v) is 5.66. The maximum Gasteiger partial charge on any atom is 0.0774 e. The van der Waals surface area contributed by atoms with Gasteiger partial charge < -0.3 is 10.4 Å². The van der Waals surface area contributed by atoms with E-state index in [0.717, 1.165) is 19.4 Å². The molecule has 2 aliphatic carbocycles. The maximum absolute atomic E-state index is 10.8. The van der Waals surface area contributed by atoms with Crippen molar-refractivity contribution < 1.29 is 5.11 Å². The van der Waals surface area contributed by atoms with Crippen LogP contribution >= 0.6 is 27.3 Å². The summed E-state index contributed by atoms with van der Waals surface area (Å²) in [5.41, 5.74) is 0.975. The Morgan fingerprint density at radius 1 is 1.45 bits per heavy atom. The molecule has 0 aliphatic heterocycles. The Kier molecular flexibility index (Phi) is 4.56. The van der Waals surface area contributed by atoms with Crippen molar-refractivity contribution in [3.05, 3.63) is 20.3 Å². The van der Waals surface area contributed by atoms with Crippen molar-refractivity contribution in [2.45, 2.75) is 63.5 Å². The molecule has 20 heavy (non-hydrogen) atoms. The van der Waals surface area contributed by atoms with Crippen molar-refractivity contribution in [3.8, 4) is 0 Å². The number of halogens is 1. The zero-order chi connectivity index (χ0) is 14.2. The Bertz CT molecular complexity index is 475. The molecule has 1 fully saturated rings. The van der Waals surface area contributed by atoms with E-state index in [2.05, 4.69) is 34.2 Å². The van der Waals surface area contributed by atoms with Crippen molar-refractivity contribution in [2.75, 3.05) is 6.54 Å². The zero-order valence-corrected chi connectivity index (χ0v) is 14.5. The summed E-state index contributed by atoms with van der Waals surface area (Å²) in [7, 11) is 0. The zero-order valence-electron chi connectivity index (χ0n) is 12.1.